The van der Waals surface area contributed by atoms with Crippen LogP contribution in [0.25, 0.3) is 0 Å². The number of piperidine rings is 1. The average Bonchev–Trinajstić information content (AvgIpc) is 2.58. The molecule has 1 aliphatic rings. The van der Waals surface area contributed by atoms with Gasteiger partial charge in [0.1, 0.15) is 6.10 Å². The molecule has 0 radical (unpaired) electrons. The highest BCUT2D eigenvalue weighted by atomic mass is 16.7. The summed E-state index contributed by atoms with van der Waals surface area (Å²) in [6.45, 7) is 2.76. The fraction of sp³-hybridized carbons (Fsp3) is 0.333. The Balaban J connectivity index is 1.41. The lowest BCUT2D eigenvalue weighted by atomic mass is 10.1. The van der Waals surface area contributed by atoms with Crippen LogP contribution in [0.2, 0.25) is 0 Å². The predicted octanol–water partition coefficient (Wildman–Crippen LogP) is 3.26. The molecule has 0 unspecified atom stereocenters. The summed E-state index contributed by atoms with van der Waals surface area (Å²) in [4.78, 5) is 18.1. The minimum atomic E-state index is -0.676. The van der Waals surface area contributed by atoms with Crippen LogP contribution in [-0.2, 0) is 11.3 Å². The van der Waals surface area contributed by atoms with Crippen molar-refractivity contribution in [1.82, 2.24) is 9.88 Å². The molecule has 0 bridgehead atoms. The number of carbonyl (C=O) groups excluding carboxylic acids is 1. The van der Waals surface area contributed by atoms with Crippen LogP contribution in [0.1, 0.15) is 18.4 Å². The number of aromatic nitrogens is 1. The zero-order valence-corrected chi connectivity index (χ0v) is 12.9. The van der Waals surface area contributed by atoms with Gasteiger partial charge >= 0.3 is 6.16 Å². The normalized spacial score (nSPS) is 16.0. The number of hydrogen-bond donors (Lipinski definition) is 0. The first kappa shape index (κ1) is 15.5. The van der Waals surface area contributed by atoms with Crippen molar-refractivity contribution in [3.63, 3.8) is 0 Å². The van der Waals surface area contributed by atoms with Crippen molar-refractivity contribution < 1.29 is 14.3 Å². The van der Waals surface area contributed by atoms with Gasteiger partial charge in [0.25, 0.3) is 0 Å². The van der Waals surface area contributed by atoms with E-state index in [4.69, 9.17) is 9.47 Å². The summed E-state index contributed by atoms with van der Waals surface area (Å²) in [5.41, 5.74) is 1.31. The Bertz CT molecular complexity index is 611. The molecule has 0 atom stereocenters. The Morgan fingerprint density at radius 1 is 1.09 bits per heavy atom. The molecule has 120 valence electrons. The molecule has 3 rings (SSSR count). The highest BCUT2D eigenvalue weighted by Crippen LogP contribution is 2.17. The van der Waals surface area contributed by atoms with Crippen molar-refractivity contribution in [2.24, 2.45) is 0 Å². The van der Waals surface area contributed by atoms with Crippen LogP contribution in [0.3, 0.4) is 0 Å². The van der Waals surface area contributed by atoms with E-state index in [0.29, 0.717) is 0 Å². The van der Waals surface area contributed by atoms with Crippen LogP contribution in [-0.4, -0.2) is 35.2 Å². The molecule has 1 aromatic heterocycles. The van der Waals surface area contributed by atoms with Gasteiger partial charge in [-0.25, -0.2) is 9.78 Å². The van der Waals surface area contributed by atoms with Crippen molar-refractivity contribution >= 4 is 6.16 Å². The first-order valence-electron chi connectivity index (χ1n) is 7.85. The largest absolute Gasteiger partial charge is 0.515 e. The smallest absolute Gasteiger partial charge is 0.431 e. The third-order valence-electron chi connectivity index (χ3n) is 3.87. The molecule has 5 nitrogen and oxygen atoms in total. The molecule has 0 amide bonds. The zero-order valence-electron chi connectivity index (χ0n) is 12.9. The maximum atomic E-state index is 11.8. The second kappa shape index (κ2) is 7.74. The van der Waals surface area contributed by atoms with Crippen LogP contribution >= 0.6 is 0 Å². The number of carbonyl (C=O) groups is 1. The Morgan fingerprint density at radius 2 is 1.83 bits per heavy atom. The van der Waals surface area contributed by atoms with Gasteiger partial charge in [-0.2, -0.15) is 0 Å². The van der Waals surface area contributed by atoms with Gasteiger partial charge in [0.15, 0.2) is 0 Å². The fourth-order valence-electron chi connectivity index (χ4n) is 2.68. The Morgan fingerprint density at radius 3 is 2.52 bits per heavy atom. The lowest BCUT2D eigenvalue weighted by Gasteiger charge is -2.31. The van der Waals surface area contributed by atoms with E-state index in [1.807, 2.05) is 6.07 Å². The molecule has 0 spiro atoms. The molecule has 0 saturated carbocycles. The standard InChI is InChI=1S/C18H20N2O3/c21-18(23-17-8-4-5-11-19-17)22-16-9-12-20(13-10-16)14-15-6-2-1-3-7-15/h1-8,11,16H,9-10,12-14H2. The van der Waals surface area contributed by atoms with Gasteiger partial charge in [-0.3, -0.25) is 4.90 Å². The van der Waals surface area contributed by atoms with E-state index < -0.39 is 6.16 Å². The van der Waals surface area contributed by atoms with Gasteiger partial charge in [0, 0.05) is 31.9 Å². The van der Waals surface area contributed by atoms with Gasteiger partial charge in [0.2, 0.25) is 5.88 Å². The third kappa shape index (κ3) is 4.79. The maximum absolute atomic E-state index is 11.8. The molecule has 23 heavy (non-hydrogen) atoms. The predicted molar refractivity (Wildman–Crippen MR) is 86.1 cm³/mol. The molecule has 2 aromatic rings. The van der Waals surface area contributed by atoms with E-state index in [1.165, 1.54) is 5.56 Å². The van der Waals surface area contributed by atoms with E-state index in [1.54, 1.807) is 24.4 Å². The lowest BCUT2D eigenvalue weighted by Crippen LogP contribution is -2.37. The van der Waals surface area contributed by atoms with Gasteiger partial charge in [-0.1, -0.05) is 36.4 Å². The minimum absolute atomic E-state index is 0.0850. The molecular formula is C18H20N2O3. The minimum Gasteiger partial charge on any atom is -0.431 e. The van der Waals surface area contributed by atoms with E-state index in [9.17, 15) is 4.79 Å². The number of nitrogens with zero attached hydrogens (tertiary/aromatic N) is 2. The molecule has 0 N–H and O–H groups in total. The monoisotopic (exact) mass is 312 g/mol. The van der Waals surface area contributed by atoms with Crippen molar-refractivity contribution in [2.45, 2.75) is 25.5 Å². The van der Waals surface area contributed by atoms with Crippen LogP contribution in [0, 0.1) is 0 Å². The van der Waals surface area contributed by atoms with Gasteiger partial charge < -0.3 is 9.47 Å². The van der Waals surface area contributed by atoms with Crippen molar-refractivity contribution in [1.29, 1.82) is 0 Å². The Labute approximate surface area is 135 Å². The van der Waals surface area contributed by atoms with Crippen molar-refractivity contribution in [2.75, 3.05) is 13.1 Å². The summed E-state index contributed by atoms with van der Waals surface area (Å²) in [5, 5.41) is 0. The lowest BCUT2D eigenvalue weighted by molar-refractivity contribution is 0.0225. The summed E-state index contributed by atoms with van der Waals surface area (Å²) in [6.07, 6.45) is 2.46. The number of benzene rings is 1. The highest BCUT2D eigenvalue weighted by Gasteiger charge is 2.23. The van der Waals surface area contributed by atoms with Crippen LogP contribution in [0.5, 0.6) is 5.88 Å². The fourth-order valence-corrected chi connectivity index (χ4v) is 2.68. The Hall–Kier alpha value is -2.40. The van der Waals surface area contributed by atoms with Crippen molar-refractivity contribution in [3.05, 3.63) is 60.3 Å². The van der Waals surface area contributed by atoms with Gasteiger partial charge in [-0.05, 0) is 24.5 Å². The molecule has 0 aliphatic carbocycles. The number of hydrogen-bond acceptors (Lipinski definition) is 5. The van der Waals surface area contributed by atoms with Crippen LogP contribution in [0.15, 0.2) is 54.7 Å². The van der Waals surface area contributed by atoms with E-state index in [-0.39, 0.29) is 12.0 Å². The Kier molecular flexibility index (Phi) is 5.21. The maximum Gasteiger partial charge on any atom is 0.515 e. The number of likely N-dealkylation sites (tertiary alicyclic amines) is 1. The second-order valence-corrected chi connectivity index (χ2v) is 5.60. The quantitative estimate of drug-likeness (QED) is 0.811. The summed E-state index contributed by atoms with van der Waals surface area (Å²) in [5.74, 6) is 0.263. The first-order chi connectivity index (χ1) is 11.3. The van der Waals surface area contributed by atoms with Gasteiger partial charge in [0.05, 0.1) is 0 Å². The summed E-state index contributed by atoms with van der Waals surface area (Å²) in [6, 6.07) is 15.6. The third-order valence-corrected chi connectivity index (χ3v) is 3.87. The van der Waals surface area contributed by atoms with Crippen LogP contribution in [0.4, 0.5) is 4.79 Å². The topological polar surface area (TPSA) is 51.7 Å². The van der Waals surface area contributed by atoms with E-state index >= 15 is 0 Å². The zero-order chi connectivity index (χ0) is 15.9. The molecule has 1 aromatic carbocycles. The molecular weight excluding hydrogens is 292 g/mol. The molecule has 5 heteroatoms. The second-order valence-electron chi connectivity index (χ2n) is 5.60. The number of pyridine rings is 1. The number of rotatable bonds is 4. The average molecular weight is 312 g/mol. The molecule has 1 fully saturated rings. The van der Waals surface area contributed by atoms with Crippen LogP contribution < -0.4 is 4.74 Å². The summed E-state index contributed by atoms with van der Waals surface area (Å²) >= 11 is 0. The SMILES string of the molecule is O=C(Oc1ccccn1)OC1CCN(Cc2ccccc2)CC1. The van der Waals surface area contributed by atoms with Gasteiger partial charge in [-0.15, -0.1) is 0 Å². The first-order valence-corrected chi connectivity index (χ1v) is 7.85. The summed E-state index contributed by atoms with van der Waals surface area (Å²) in [7, 11) is 0. The van der Waals surface area contributed by atoms with Crippen molar-refractivity contribution in [3.8, 4) is 5.88 Å². The molecule has 1 saturated heterocycles. The highest BCUT2D eigenvalue weighted by molar-refractivity contribution is 5.63. The number of ether oxygens (including phenoxy) is 2. The molecule has 1 aliphatic heterocycles. The van der Waals surface area contributed by atoms with E-state index in [0.717, 1.165) is 32.5 Å². The molecule has 2 heterocycles. The van der Waals surface area contributed by atoms with E-state index in [2.05, 4.69) is 34.1 Å². The summed E-state index contributed by atoms with van der Waals surface area (Å²) < 4.78 is 10.4.